The van der Waals surface area contributed by atoms with Gasteiger partial charge in [-0.15, -0.1) is 0 Å². The molecule has 1 saturated heterocycles. The third kappa shape index (κ3) is 4.12. The molecule has 1 aromatic carbocycles. The lowest BCUT2D eigenvalue weighted by Crippen LogP contribution is -2.47. The Balaban J connectivity index is 1.93. The average molecular weight is 466 g/mol. The average Bonchev–Trinajstić information content (AvgIpc) is 2.78. The lowest BCUT2D eigenvalue weighted by molar-refractivity contribution is -0.384. The fourth-order valence-electron chi connectivity index (χ4n) is 4.36. The minimum atomic E-state index is -1.39. The summed E-state index contributed by atoms with van der Waals surface area (Å²) in [6.45, 7) is 7.23. The van der Waals surface area contributed by atoms with Crippen LogP contribution in [0.3, 0.4) is 0 Å². The van der Waals surface area contributed by atoms with Crippen molar-refractivity contribution in [2.45, 2.75) is 32.4 Å². The van der Waals surface area contributed by atoms with Crippen molar-refractivity contribution in [2.24, 2.45) is 0 Å². The summed E-state index contributed by atoms with van der Waals surface area (Å²) in [5, 5.41) is 21.5. The SMILES string of the molecule is CN1CCN(c2nc3c(cc2[N+](=O)[O-])c(=O)c(C(=O)O)cn3C(C)(C)C)CC1c1ccccc1. The van der Waals surface area contributed by atoms with Crippen molar-refractivity contribution in [1.82, 2.24) is 14.5 Å². The second-order valence-corrected chi connectivity index (χ2v) is 9.53. The van der Waals surface area contributed by atoms with Crippen LogP contribution in [-0.2, 0) is 5.54 Å². The number of anilines is 1. The predicted octanol–water partition coefficient (Wildman–Crippen LogP) is 3.25. The molecule has 1 N–H and O–H groups in total. The fraction of sp³-hybridized carbons (Fsp3) is 0.375. The number of pyridine rings is 2. The van der Waals surface area contributed by atoms with E-state index in [1.807, 2.05) is 63.1 Å². The van der Waals surface area contributed by atoms with Crippen LogP contribution in [0, 0.1) is 10.1 Å². The number of carboxylic acids is 1. The summed E-state index contributed by atoms with van der Waals surface area (Å²) in [5.74, 6) is -1.21. The molecular formula is C24H27N5O5. The number of hydrogen-bond acceptors (Lipinski definition) is 7. The first-order chi connectivity index (χ1) is 16.0. The van der Waals surface area contributed by atoms with E-state index in [-0.39, 0.29) is 28.6 Å². The van der Waals surface area contributed by atoms with Crippen molar-refractivity contribution < 1.29 is 14.8 Å². The molecule has 178 valence electrons. The number of nitrogens with zero attached hydrogens (tertiary/aromatic N) is 5. The van der Waals surface area contributed by atoms with Gasteiger partial charge in [-0.05, 0) is 33.4 Å². The molecule has 4 rings (SSSR count). The van der Waals surface area contributed by atoms with E-state index >= 15 is 0 Å². The first-order valence-electron chi connectivity index (χ1n) is 11.0. The molecule has 0 aliphatic carbocycles. The van der Waals surface area contributed by atoms with E-state index in [9.17, 15) is 24.8 Å². The van der Waals surface area contributed by atoms with E-state index in [4.69, 9.17) is 0 Å². The highest BCUT2D eigenvalue weighted by molar-refractivity contribution is 5.93. The Hall–Kier alpha value is -3.79. The van der Waals surface area contributed by atoms with Gasteiger partial charge in [0.2, 0.25) is 11.2 Å². The van der Waals surface area contributed by atoms with Gasteiger partial charge >= 0.3 is 11.7 Å². The van der Waals surface area contributed by atoms with Gasteiger partial charge in [0.15, 0.2) is 0 Å². The third-order valence-corrected chi connectivity index (χ3v) is 6.22. The van der Waals surface area contributed by atoms with Gasteiger partial charge in [-0.1, -0.05) is 30.3 Å². The Labute approximate surface area is 196 Å². The van der Waals surface area contributed by atoms with Crippen molar-refractivity contribution in [1.29, 1.82) is 0 Å². The lowest BCUT2D eigenvalue weighted by atomic mass is 10.0. The molecule has 1 atom stereocenters. The van der Waals surface area contributed by atoms with Gasteiger partial charge in [0.25, 0.3) is 0 Å². The molecule has 10 nitrogen and oxygen atoms in total. The van der Waals surface area contributed by atoms with Crippen LogP contribution in [-0.4, -0.2) is 57.1 Å². The molecule has 0 spiro atoms. The molecule has 1 aliphatic rings. The molecule has 0 saturated carbocycles. The smallest absolute Gasteiger partial charge is 0.341 e. The summed E-state index contributed by atoms with van der Waals surface area (Å²) in [5.41, 5.74) is -0.857. The number of hydrogen-bond donors (Lipinski definition) is 1. The normalized spacial score (nSPS) is 17.2. The minimum absolute atomic E-state index is 0.00578. The molecule has 0 amide bonds. The van der Waals surface area contributed by atoms with Crippen LogP contribution >= 0.6 is 0 Å². The number of aromatic nitrogens is 2. The first kappa shape index (κ1) is 23.4. The van der Waals surface area contributed by atoms with Gasteiger partial charge in [-0.25, -0.2) is 9.78 Å². The zero-order valence-electron chi connectivity index (χ0n) is 19.6. The van der Waals surface area contributed by atoms with Crippen LogP contribution in [0.25, 0.3) is 11.0 Å². The molecule has 2 aromatic heterocycles. The van der Waals surface area contributed by atoms with Crippen LogP contribution in [0.15, 0.2) is 47.4 Å². The number of carbonyl (C=O) groups is 1. The molecule has 0 bridgehead atoms. The van der Waals surface area contributed by atoms with Crippen molar-refractivity contribution in [3.63, 3.8) is 0 Å². The standard InChI is InChI=1S/C24H27N5O5/c1-24(2,3)28-13-17(23(31)32)20(30)16-12-18(29(33)34)22(25-21(16)28)27-11-10-26(4)19(14-27)15-8-6-5-7-9-15/h5-9,12-13,19H,10-11,14H2,1-4H3,(H,31,32). The van der Waals surface area contributed by atoms with E-state index in [1.165, 1.54) is 12.3 Å². The Bertz CT molecular complexity index is 1330. The van der Waals surface area contributed by atoms with Gasteiger partial charge in [-0.3, -0.25) is 19.8 Å². The molecule has 1 fully saturated rings. The van der Waals surface area contributed by atoms with Crippen molar-refractivity contribution in [3.05, 3.63) is 74.1 Å². The highest BCUT2D eigenvalue weighted by Crippen LogP contribution is 2.34. The Morgan fingerprint density at radius 1 is 1.21 bits per heavy atom. The predicted molar refractivity (Wildman–Crippen MR) is 129 cm³/mol. The Morgan fingerprint density at radius 2 is 1.88 bits per heavy atom. The fourth-order valence-corrected chi connectivity index (χ4v) is 4.36. The number of carboxylic acid groups (broad SMARTS) is 1. The number of aromatic carboxylic acids is 1. The maximum Gasteiger partial charge on any atom is 0.341 e. The second-order valence-electron chi connectivity index (χ2n) is 9.53. The zero-order valence-corrected chi connectivity index (χ0v) is 19.6. The number of fused-ring (bicyclic) bond motifs is 1. The third-order valence-electron chi connectivity index (χ3n) is 6.22. The maximum atomic E-state index is 12.9. The molecule has 1 unspecified atom stereocenters. The van der Waals surface area contributed by atoms with E-state index in [0.29, 0.717) is 19.6 Å². The van der Waals surface area contributed by atoms with Crippen LogP contribution in [0.1, 0.15) is 42.7 Å². The van der Waals surface area contributed by atoms with Gasteiger partial charge in [0.05, 0.1) is 16.4 Å². The Morgan fingerprint density at radius 3 is 2.47 bits per heavy atom. The number of nitro groups is 1. The molecule has 10 heteroatoms. The zero-order chi connectivity index (χ0) is 24.8. The highest BCUT2D eigenvalue weighted by atomic mass is 16.6. The van der Waals surface area contributed by atoms with Crippen molar-refractivity contribution in [3.8, 4) is 0 Å². The van der Waals surface area contributed by atoms with Crippen molar-refractivity contribution in [2.75, 3.05) is 31.6 Å². The van der Waals surface area contributed by atoms with Crippen LogP contribution < -0.4 is 10.3 Å². The maximum absolute atomic E-state index is 12.9. The van der Waals surface area contributed by atoms with E-state index < -0.39 is 27.4 Å². The minimum Gasteiger partial charge on any atom is -0.477 e. The molecule has 0 radical (unpaired) electrons. The second kappa shape index (κ2) is 8.53. The quantitative estimate of drug-likeness (QED) is 0.460. The van der Waals surface area contributed by atoms with Gasteiger partial charge in [0, 0.05) is 37.4 Å². The summed E-state index contributed by atoms with van der Waals surface area (Å²) in [4.78, 5) is 44.8. The van der Waals surface area contributed by atoms with E-state index in [2.05, 4.69) is 9.88 Å². The largest absolute Gasteiger partial charge is 0.477 e. The molecule has 3 heterocycles. The highest BCUT2D eigenvalue weighted by Gasteiger charge is 2.32. The number of benzene rings is 1. The summed E-state index contributed by atoms with van der Waals surface area (Å²) in [7, 11) is 2.02. The summed E-state index contributed by atoms with van der Waals surface area (Å²) in [6.07, 6.45) is 1.27. The Kier molecular flexibility index (Phi) is 5.86. The molecular weight excluding hydrogens is 438 g/mol. The topological polar surface area (TPSA) is 122 Å². The van der Waals surface area contributed by atoms with Gasteiger partial charge in [0.1, 0.15) is 11.2 Å². The molecule has 34 heavy (non-hydrogen) atoms. The van der Waals surface area contributed by atoms with Crippen LogP contribution in [0.5, 0.6) is 0 Å². The number of rotatable bonds is 4. The van der Waals surface area contributed by atoms with E-state index in [0.717, 1.165) is 5.56 Å². The van der Waals surface area contributed by atoms with E-state index in [1.54, 1.807) is 4.57 Å². The summed E-state index contributed by atoms with van der Waals surface area (Å²) in [6, 6.07) is 11.1. The first-order valence-corrected chi connectivity index (χ1v) is 11.0. The number of piperazine rings is 1. The van der Waals surface area contributed by atoms with Crippen LogP contribution in [0.4, 0.5) is 11.5 Å². The molecule has 3 aromatic rings. The summed E-state index contributed by atoms with van der Waals surface area (Å²) >= 11 is 0. The van der Waals surface area contributed by atoms with Crippen LogP contribution in [0.2, 0.25) is 0 Å². The van der Waals surface area contributed by atoms with Gasteiger partial charge < -0.3 is 14.6 Å². The lowest BCUT2D eigenvalue weighted by Gasteiger charge is -2.40. The number of likely N-dealkylation sites (N-methyl/N-ethyl adjacent to an activating group) is 1. The molecule has 1 aliphatic heterocycles. The monoisotopic (exact) mass is 465 g/mol. The van der Waals surface area contributed by atoms with Crippen molar-refractivity contribution >= 4 is 28.5 Å². The summed E-state index contributed by atoms with van der Waals surface area (Å²) < 4.78 is 1.60. The van der Waals surface area contributed by atoms with Gasteiger partial charge in [-0.2, -0.15) is 0 Å².